The lowest BCUT2D eigenvalue weighted by Gasteiger charge is -2.25. The van der Waals surface area contributed by atoms with E-state index in [-0.39, 0.29) is 35.1 Å². The van der Waals surface area contributed by atoms with Gasteiger partial charge < -0.3 is 25.4 Å². The number of hydrogen-bond donors (Lipinski definition) is 3. The van der Waals surface area contributed by atoms with Crippen LogP contribution in [-0.2, 0) is 14.8 Å². The van der Waals surface area contributed by atoms with Crippen LogP contribution in [0.5, 0.6) is 5.75 Å². The molecule has 0 bridgehead atoms. The molecular weight excluding hydrogens is 466 g/mol. The van der Waals surface area contributed by atoms with Gasteiger partial charge in [-0.25, -0.2) is 23.4 Å². The topological polar surface area (TPSA) is 190 Å². The van der Waals surface area contributed by atoms with Gasteiger partial charge in [-0.2, -0.15) is 9.57 Å². The summed E-state index contributed by atoms with van der Waals surface area (Å²) in [5.41, 5.74) is 6.48. The van der Waals surface area contributed by atoms with E-state index >= 15 is 0 Å². The number of ether oxygens (including phenoxy) is 2. The minimum absolute atomic E-state index is 0.0569. The molecule has 0 radical (unpaired) electrons. The summed E-state index contributed by atoms with van der Waals surface area (Å²) in [7, 11) is -2.67. The van der Waals surface area contributed by atoms with E-state index < -0.39 is 34.6 Å². The zero-order valence-corrected chi connectivity index (χ0v) is 19.1. The second-order valence-electron chi connectivity index (χ2n) is 7.56. The normalized spacial score (nSPS) is 22.8. The van der Waals surface area contributed by atoms with Gasteiger partial charge in [0.15, 0.2) is 17.7 Å². The molecule has 1 aliphatic heterocycles. The Morgan fingerprint density at radius 3 is 2.74 bits per heavy atom. The number of methoxy groups -OCH3 is 1. The van der Waals surface area contributed by atoms with Gasteiger partial charge in [0, 0.05) is 13.1 Å². The third kappa shape index (κ3) is 3.93. The average molecular weight is 490 g/mol. The van der Waals surface area contributed by atoms with Crippen LogP contribution in [0.1, 0.15) is 18.7 Å². The lowest BCUT2D eigenvalue weighted by atomic mass is 10.1. The molecular formula is C20H23N7O6S. The van der Waals surface area contributed by atoms with Crippen LogP contribution >= 0.6 is 0 Å². The van der Waals surface area contributed by atoms with Gasteiger partial charge in [-0.15, -0.1) is 0 Å². The molecule has 0 spiro atoms. The zero-order valence-electron chi connectivity index (χ0n) is 18.3. The van der Waals surface area contributed by atoms with E-state index in [4.69, 9.17) is 15.2 Å². The van der Waals surface area contributed by atoms with Gasteiger partial charge in [0.2, 0.25) is 10.0 Å². The second kappa shape index (κ2) is 9.12. The number of aliphatic hydroxyl groups excluding tert-OH is 2. The largest absolute Gasteiger partial charge is 0.495 e. The molecule has 4 rings (SSSR count). The second-order valence-corrected chi connectivity index (χ2v) is 9.50. The van der Waals surface area contributed by atoms with E-state index in [0.717, 1.165) is 4.31 Å². The molecule has 34 heavy (non-hydrogen) atoms. The van der Waals surface area contributed by atoms with Crippen molar-refractivity contribution in [3.05, 3.63) is 36.4 Å². The predicted octanol–water partition coefficient (Wildman–Crippen LogP) is -0.381. The number of rotatable bonds is 7. The SMILES string of the molecule is CCN(C[C@H]1O[C@@H](n2cnc3c(N)ncnc32)[C@H](O)[C@@H]1O)S(=O)(=O)c1ccc(OC)c(C#N)c1. The minimum Gasteiger partial charge on any atom is -0.495 e. The number of nitriles is 1. The number of aliphatic hydroxyl groups is 2. The van der Waals surface area contributed by atoms with Crippen molar-refractivity contribution in [1.29, 1.82) is 5.26 Å². The lowest BCUT2D eigenvalue weighted by molar-refractivity contribution is -0.0384. The van der Waals surface area contributed by atoms with Crippen molar-refractivity contribution in [1.82, 2.24) is 23.8 Å². The van der Waals surface area contributed by atoms with Gasteiger partial charge in [0.05, 0.1) is 23.9 Å². The predicted molar refractivity (Wildman–Crippen MR) is 118 cm³/mol. The van der Waals surface area contributed by atoms with Crippen LogP contribution < -0.4 is 10.5 Å². The fourth-order valence-corrected chi connectivity index (χ4v) is 5.34. The van der Waals surface area contributed by atoms with Crippen LogP contribution in [0.2, 0.25) is 0 Å². The number of likely N-dealkylation sites (N-methyl/N-ethyl adjacent to an activating group) is 1. The van der Waals surface area contributed by atoms with Crippen molar-refractivity contribution in [2.45, 2.75) is 36.4 Å². The molecule has 1 aliphatic rings. The quantitative estimate of drug-likeness (QED) is 0.392. The van der Waals surface area contributed by atoms with E-state index in [0.29, 0.717) is 11.2 Å². The van der Waals surface area contributed by atoms with Gasteiger partial charge in [-0.05, 0) is 18.2 Å². The van der Waals surface area contributed by atoms with E-state index in [1.54, 1.807) is 6.92 Å². The van der Waals surface area contributed by atoms with Crippen LogP contribution in [-0.4, -0.2) is 81.0 Å². The summed E-state index contributed by atoms with van der Waals surface area (Å²) < 4.78 is 40.0. The van der Waals surface area contributed by atoms with Crippen molar-refractivity contribution in [2.24, 2.45) is 0 Å². The maximum atomic E-state index is 13.3. The van der Waals surface area contributed by atoms with Crippen LogP contribution in [0.3, 0.4) is 0 Å². The van der Waals surface area contributed by atoms with Crippen molar-refractivity contribution >= 4 is 27.0 Å². The highest BCUT2D eigenvalue weighted by Crippen LogP contribution is 2.33. The van der Waals surface area contributed by atoms with Crippen molar-refractivity contribution in [3.8, 4) is 11.8 Å². The first-order valence-electron chi connectivity index (χ1n) is 10.3. The third-order valence-electron chi connectivity index (χ3n) is 5.66. The number of nitrogen functional groups attached to an aromatic ring is 1. The summed E-state index contributed by atoms with van der Waals surface area (Å²) in [5.74, 6) is 0.398. The summed E-state index contributed by atoms with van der Waals surface area (Å²) in [4.78, 5) is 12.0. The van der Waals surface area contributed by atoms with Gasteiger partial charge >= 0.3 is 0 Å². The Morgan fingerprint density at radius 2 is 2.06 bits per heavy atom. The minimum atomic E-state index is -4.05. The smallest absolute Gasteiger partial charge is 0.243 e. The van der Waals surface area contributed by atoms with E-state index in [9.17, 15) is 23.9 Å². The number of benzene rings is 1. The van der Waals surface area contributed by atoms with Crippen LogP contribution in [0.15, 0.2) is 35.7 Å². The Kier molecular flexibility index (Phi) is 6.39. The van der Waals surface area contributed by atoms with E-state index in [2.05, 4.69) is 15.0 Å². The molecule has 1 fully saturated rings. The first kappa shape index (κ1) is 23.8. The van der Waals surface area contributed by atoms with E-state index in [1.165, 1.54) is 42.5 Å². The molecule has 0 unspecified atom stereocenters. The van der Waals surface area contributed by atoms with Crippen molar-refractivity contribution in [2.75, 3.05) is 25.9 Å². The maximum absolute atomic E-state index is 13.3. The fraction of sp³-hybridized carbons (Fsp3) is 0.400. The number of imidazole rings is 1. The Morgan fingerprint density at radius 1 is 1.29 bits per heavy atom. The first-order valence-corrected chi connectivity index (χ1v) is 11.7. The highest BCUT2D eigenvalue weighted by Gasteiger charge is 2.46. The summed E-state index contributed by atoms with van der Waals surface area (Å²) in [6.45, 7) is 1.44. The molecule has 1 saturated heterocycles. The molecule has 14 heteroatoms. The molecule has 0 saturated carbocycles. The molecule has 0 amide bonds. The van der Waals surface area contributed by atoms with E-state index in [1.807, 2.05) is 6.07 Å². The van der Waals surface area contributed by atoms with Crippen molar-refractivity contribution < 1.29 is 28.1 Å². The van der Waals surface area contributed by atoms with Gasteiger partial charge in [0.25, 0.3) is 0 Å². The van der Waals surface area contributed by atoms with Crippen LogP contribution in [0, 0.1) is 11.3 Å². The fourth-order valence-electron chi connectivity index (χ4n) is 3.85. The number of aromatic nitrogens is 4. The molecule has 0 aliphatic carbocycles. The van der Waals surface area contributed by atoms with Crippen LogP contribution in [0.25, 0.3) is 11.2 Å². The summed E-state index contributed by atoms with van der Waals surface area (Å²) >= 11 is 0. The highest BCUT2D eigenvalue weighted by atomic mass is 32.2. The van der Waals surface area contributed by atoms with Gasteiger partial charge in [-0.1, -0.05) is 6.92 Å². The first-order chi connectivity index (χ1) is 16.2. The summed E-state index contributed by atoms with van der Waals surface area (Å²) in [5, 5.41) is 30.6. The van der Waals surface area contributed by atoms with Crippen LogP contribution in [0.4, 0.5) is 5.82 Å². The molecule has 1 aromatic carbocycles. The number of fused-ring (bicyclic) bond motifs is 1. The summed E-state index contributed by atoms with van der Waals surface area (Å²) in [6.07, 6.45) is -2.32. The van der Waals surface area contributed by atoms with Gasteiger partial charge in [-0.3, -0.25) is 4.57 Å². The molecule has 180 valence electrons. The molecule has 13 nitrogen and oxygen atoms in total. The third-order valence-corrected chi connectivity index (χ3v) is 7.60. The number of sulfonamides is 1. The number of anilines is 1. The standard InChI is InChI=1S/C20H23N7O6S/c1-3-26(34(30,31)12-4-5-13(32-2)11(6-12)7-21)8-14-16(28)17(29)20(33-14)27-10-25-15-18(22)23-9-24-19(15)27/h4-6,9-10,14,16-17,20,28-29H,3,8H2,1-2H3,(H2,22,23,24)/t14-,16-,17-,20-/m1/s1. The highest BCUT2D eigenvalue weighted by molar-refractivity contribution is 7.89. The zero-order chi connectivity index (χ0) is 24.6. The number of nitrogens with zero attached hydrogens (tertiary/aromatic N) is 6. The van der Waals surface area contributed by atoms with Crippen molar-refractivity contribution in [3.63, 3.8) is 0 Å². The average Bonchev–Trinajstić information content (AvgIpc) is 3.38. The van der Waals surface area contributed by atoms with Gasteiger partial charge in [0.1, 0.15) is 42.0 Å². The molecule has 3 heterocycles. The number of hydrogen-bond acceptors (Lipinski definition) is 11. The monoisotopic (exact) mass is 489 g/mol. The lowest BCUT2D eigenvalue weighted by Crippen LogP contribution is -2.42. The Bertz CT molecular complexity index is 1360. The number of nitrogens with two attached hydrogens (primary N) is 1. The summed E-state index contributed by atoms with van der Waals surface area (Å²) in [6, 6.07) is 5.87. The Labute approximate surface area is 195 Å². The Balaban J connectivity index is 1.60. The molecule has 2 aromatic heterocycles. The molecule has 4 N–H and O–H groups in total. The maximum Gasteiger partial charge on any atom is 0.243 e. The Hall–Kier alpha value is -3.35. The molecule has 4 atom stereocenters. The molecule has 3 aromatic rings.